The zero-order valence-electron chi connectivity index (χ0n) is 12.0. The summed E-state index contributed by atoms with van der Waals surface area (Å²) in [6, 6.07) is 19.1. The number of para-hydroxylation sites is 1. The Bertz CT molecular complexity index is 590. The second-order valence-electron chi connectivity index (χ2n) is 4.71. The number of carbonyl (C=O) groups excluding carboxylic acids is 1. The first-order chi connectivity index (χ1) is 10.2. The highest BCUT2D eigenvalue weighted by Crippen LogP contribution is 2.22. The number of esters is 1. The van der Waals surface area contributed by atoms with Gasteiger partial charge in [-0.15, -0.1) is 0 Å². The quantitative estimate of drug-likeness (QED) is 0.595. The molecule has 0 radical (unpaired) electrons. The van der Waals surface area contributed by atoms with E-state index in [-0.39, 0.29) is 12.7 Å². The summed E-state index contributed by atoms with van der Waals surface area (Å²) in [6.07, 6.45) is -0.350. The molecule has 1 unspecified atom stereocenters. The molecule has 0 saturated carbocycles. The van der Waals surface area contributed by atoms with E-state index in [1.165, 1.54) is 0 Å². The van der Waals surface area contributed by atoms with Crippen LogP contribution in [0.4, 0.5) is 0 Å². The van der Waals surface area contributed by atoms with Gasteiger partial charge in [0, 0.05) is 5.57 Å². The van der Waals surface area contributed by atoms with Gasteiger partial charge >= 0.3 is 5.97 Å². The first-order valence-electron chi connectivity index (χ1n) is 6.76. The first-order valence-corrected chi connectivity index (χ1v) is 6.76. The molecule has 3 heteroatoms. The van der Waals surface area contributed by atoms with Crippen LogP contribution in [0.2, 0.25) is 0 Å². The molecular formula is C18H18O3. The smallest absolute Gasteiger partial charge is 0.333 e. The fourth-order valence-electron chi connectivity index (χ4n) is 1.80. The van der Waals surface area contributed by atoms with E-state index in [1.807, 2.05) is 60.7 Å². The second kappa shape index (κ2) is 7.29. The van der Waals surface area contributed by atoms with E-state index in [0.29, 0.717) is 5.57 Å². The van der Waals surface area contributed by atoms with E-state index >= 15 is 0 Å². The molecule has 2 rings (SSSR count). The van der Waals surface area contributed by atoms with Crippen LogP contribution in [0.1, 0.15) is 18.6 Å². The van der Waals surface area contributed by atoms with Crippen molar-refractivity contribution in [3.8, 4) is 5.75 Å². The van der Waals surface area contributed by atoms with Crippen LogP contribution in [-0.4, -0.2) is 12.6 Å². The Morgan fingerprint density at radius 3 is 2.19 bits per heavy atom. The molecule has 2 aromatic carbocycles. The summed E-state index contributed by atoms with van der Waals surface area (Å²) in [5.41, 5.74) is 1.33. The molecular weight excluding hydrogens is 264 g/mol. The van der Waals surface area contributed by atoms with Gasteiger partial charge in [-0.05, 0) is 24.6 Å². The lowest BCUT2D eigenvalue weighted by molar-refractivity contribution is -0.141. The number of hydrogen-bond donors (Lipinski definition) is 0. The number of carbonyl (C=O) groups is 1. The Morgan fingerprint density at radius 2 is 1.62 bits per heavy atom. The van der Waals surface area contributed by atoms with Crippen molar-refractivity contribution in [3.05, 3.63) is 78.4 Å². The van der Waals surface area contributed by atoms with Gasteiger partial charge in [0.2, 0.25) is 0 Å². The zero-order valence-corrected chi connectivity index (χ0v) is 12.0. The lowest BCUT2D eigenvalue weighted by Gasteiger charge is -2.19. The van der Waals surface area contributed by atoms with Gasteiger partial charge in [-0.25, -0.2) is 4.79 Å². The summed E-state index contributed by atoms with van der Waals surface area (Å²) in [7, 11) is 0. The predicted molar refractivity (Wildman–Crippen MR) is 82.0 cm³/mol. The summed E-state index contributed by atoms with van der Waals surface area (Å²) >= 11 is 0. The van der Waals surface area contributed by atoms with Crippen LogP contribution in [0.5, 0.6) is 5.75 Å². The third kappa shape index (κ3) is 4.49. The van der Waals surface area contributed by atoms with Crippen LogP contribution in [0.25, 0.3) is 0 Å². The van der Waals surface area contributed by atoms with Crippen LogP contribution in [0.15, 0.2) is 72.8 Å². The third-order valence-electron chi connectivity index (χ3n) is 2.91. The van der Waals surface area contributed by atoms with E-state index in [0.717, 1.165) is 11.3 Å². The summed E-state index contributed by atoms with van der Waals surface area (Å²) < 4.78 is 11.2. The van der Waals surface area contributed by atoms with Crippen LogP contribution in [-0.2, 0) is 9.53 Å². The summed E-state index contributed by atoms with van der Waals surface area (Å²) in [4.78, 5) is 11.6. The fourth-order valence-corrected chi connectivity index (χ4v) is 1.80. The molecule has 1 atom stereocenters. The van der Waals surface area contributed by atoms with Crippen molar-refractivity contribution in [2.24, 2.45) is 0 Å². The highest BCUT2D eigenvalue weighted by atomic mass is 16.6. The molecule has 0 amide bonds. The molecule has 0 bridgehead atoms. The third-order valence-corrected chi connectivity index (χ3v) is 2.91. The molecule has 108 valence electrons. The Kier molecular flexibility index (Phi) is 5.16. The van der Waals surface area contributed by atoms with Crippen LogP contribution in [0.3, 0.4) is 0 Å². The minimum absolute atomic E-state index is 0.143. The second-order valence-corrected chi connectivity index (χ2v) is 4.71. The molecule has 0 aliphatic heterocycles. The molecule has 0 saturated heterocycles. The zero-order chi connectivity index (χ0) is 15.1. The molecule has 2 aromatic rings. The van der Waals surface area contributed by atoms with Crippen molar-refractivity contribution < 1.29 is 14.3 Å². The normalized spacial score (nSPS) is 11.5. The Balaban J connectivity index is 2.11. The van der Waals surface area contributed by atoms with Crippen molar-refractivity contribution in [3.63, 3.8) is 0 Å². The standard InChI is InChI=1S/C18H18O3/c1-14(2)18(19)20-13-17(15-9-5-3-6-10-15)21-16-11-7-4-8-12-16/h3-12,17H,1,13H2,2H3. The largest absolute Gasteiger partial charge is 0.482 e. The van der Waals surface area contributed by atoms with Gasteiger partial charge < -0.3 is 9.47 Å². The maximum Gasteiger partial charge on any atom is 0.333 e. The SMILES string of the molecule is C=C(C)C(=O)OCC(Oc1ccccc1)c1ccccc1. The molecule has 21 heavy (non-hydrogen) atoms. The number of benzene rings is 2. The van der Waals surface area contributed by atoms with Gasteiger partial charge in [0.15, 0.2) is 6.10 Å². The monoisotopic (exact) mass is 282 g/mol. The van der Waals surface area contributed by atoms with Gasteiger partial charge in [0.05, 0.1) is 0 Å². The number of rotatable bonds is 6. The van der Waals surface area contributed by atoms with Gasteiger partial charge in [0.1, 0.15) is 12.4 Å². The van der Waals surface area contributed by atoms with Gasteiger partial charge in [0.25, 0.3) is 0 Å². The van der Waals surface area contributed by atoms with Crippen LogP contribution < -0.4 is 4.74 Å². The Labute approximate surface area is 124 Å². The van der Waals surface area contributed by atoms with Crippen molar-refractivity contribution in [2.45, 2.75) is 13.0 Å². The molecule has 0 spiro atoms. The fraction of sp³-hybridized carbons (Fsp3) is 0.167. The highest BCUT2D eigenvalue weighted by molar-refractivity contribution is 5.86. The Hall–Kier alpha value is -2.55. The molecule has 0 aliphatic rings. The van der Waals surface area contributed by atoms with E-state index in [9.17, 15) is 4.79 Å². The summed E-state index contributed by atoms with van der Waals surface area (Å²) in [5, 5.41) is 0. The minimum Gasteiger partial charge on any atom is -0.482 e. The summed E-state index contributed by atoms with van der Waals surface area (Å²) in [5.74, 6) is 0.324. The first kappa shape index (κ1) is 14.9. The van der Waals surface area contributed by atoms with Gasteiger partial charge in [-0.2, -0.15) is 0 Å². The Morgan fingerprint density at radius 1 is 1.05 bits per heavy atom. The van der Waals surface area contributed by atoms with E-state index in [4.69, 9.17) is 9.47 Å². The maximum atomic E-state index is 11.6. The average molecular weight is 282 g/mol. The molecule has 3 nitrogen and oxygen atoms in total. The van der Waals surface area contributed by atoms with Crippen LogP contribution >= 0.6 is 0 Å². The van der Waals surface area contributed by atoms with Gasteiger partial charge in [-0.1, -0.05) is 55.1 Å². The lowest BCUT2D eigenvalue weighted by Crippen LogP contribution is -2.18. The number of ether oxygens (including phenoxy) is 2. The minimum atomic E-state index is -0.410. The lowest BCUT2D eigenvalue weighted by atomic mass is 10.1. The molecule has 0 fully saturated rings. The molecule has 0 N–H and O–H groups in total. The maximum absolute atomic E-state index is 11.6. The molecule has 0 aliphatic carbocycles. The van der Waals surface area contributed by atoms with Crippen molar-refractivity contribution >= 4 is 5.97 Å². The van der Waals surface area contributed by atoms with Crippen molar-refractivity contribution in [1.29, 1.82) is 0 Å². The average Bonchev–Trinajstić information content (AvgIpc) is 2.52. The van der Waals surface area contributed by atoms with E-state index in [1.54, 1.807) is 6.92 Å². The van der Waals surface area contributed by atoms with E-state index in [2.05, 4.69) is 6.58 Å². The van der Waals surface area contributed by atoms with Gasteiger partial charge in [-0.3, -0.25) is 0 Å². The predicted octanol–water partition coefficient (Wildman–Crippen LogP) is 3.93. The van der Waals surface area contributed by atoms with Crippen LogP contribution in [0, 0.1) is 0 Å². The van der Waals surface area contributed by atoms with E-state index < -0.39 is 5.97 Å². The molecule has 0 aromatic heterocycles. The van der Waals surface area contributed by atoms with Crippen molar-refractivity contribution in [2.75, 3.05) is 6.61 Å². The molecule has 0 heterocycles. The topological polar surface area (TPSA) is 35.5 Å². The van der Waals surface area contributed by atoms with Crippen molar-refractivity contribution in [1.82, 2.24) is 0 Å². The highest BCUT2D eigenvalue weighted by Gasteiger charge is 2.16. The summed E-state index contributed by atoms with van der Waals surface area (Å²) in [6.45, 7) is 5.34. The number of hydrogen-bond acceptors (Lipinski definition) is 3.